The molecule has 17 heavy (non-hydrogen) atoms. The van der Waals surface area contributed by atoms with Gasteiger partial charge in [0.1, 0.15) is 0 Å². The lowest BCUT2D eigenvalue weighted by Crippen LogP contribution is -2.24. The molecule has 96 valence electrons. The number of hydrogen-bond donors (Lipinski definition) is 0. The molecule has 0 aliphatic carbocycles. The van der Waals surface area contributed by atoms with Crippen molar-refractivity contribution in [2.24, 2.45) is 5.41 Å². The summed E-state index contributed by atoms with van der Waals surface area (Å²) in [5.74, 6) is 0. The van der Waals surface area contributed by atoms with Crippen LogP contribution in [-0.2, 0) is 9.84 Å². The van der Waals surface area contributed by atoms with Crippen molar-refractivity contribution in [3.63, 3.8) is 0 Å². The van der Waals surface area contributed by atoms with Crippen molar-refractivity contribution < 1.29 is 8.42 Å². The molecule has 0 aliphatic heterocycles. The molecule has 3 heteroatoms. The van der Waals surface area contributed by atoms with Crippen LogP contribution in [0.3, 0.4) is 0 Å². The Balaban J connectivity index is 2.99. The molecule has 1 atom stereocenters. The Morgan fingerprint density at radius 3 is 2.00 bits per heavy atom. The molecule has 0 aliphatic rings. The lowest BCUT2D eigenvalue weighted by atomic mass is 9.91. The minimum atomic E-state index is -3.19. The van der Waals surface area contributed by atoms with Crippen LogP contribution in [0.25, 0.3) is 0 Å². The molecule has 1 aromatic rings. The number of sulfone groups is 1. The minimum absolute atomic E-state index is 0.0250. The summed E-state index contributed by atoms with van der Waals surface area (Å²) >= 11 is 0. The lowest BCUT2D eigenvalue weighted by Gasteiger charge is -2.23. The first-order chi connectivity index (χ1) is 7.63. The van der Waals surface area contributed by atoms with Gasteiger partial charge in [0.25, 0.3) is 0 Å². The third-order valence-electron chi connectivity index (χ3n) is 2.78. The van der Waals surface area contributed by atoms with E-state index in [1.54, 1.807) is 19.1 Å². The van der Waals surface area contributed by atoms with E-state index in [2.05, 4.69) is 20.8 Å². The van der Waals surface area contributed by atoms with E-state index in [9.17, 15) is 8.42 Å². The first-order valence-electron chi connectivity index (χ1n) is 5.93. The van der Waals surface area contributed by atoms with Crippen molar-refractivity contribution in [2.75, 3.05) is 0 Å². The average Bonchev–Trinajstić information content (AvgIpc) is 2.15. The third-order valence-corrected chi connectivity index (χ3v) is 4.93. The summed E-state index contributed by atoms with van der Waals surface area (Å²) in [5, 5.41) is -0.342. The number of aryl methyl sites for hydroxylation is 1. The zero-order valence-corrected chi connectivity index (χ0v) is 12.1. The van der Waals surface area contributed by atoms with Gasteiger partial charge < -0.3 is 0 Å². The quantitative estimate of drug-likeness (QED) is 0.826. The predicted molar refractivity (Wildman–Crippen MR) is 71.9 cm³/mol. The molecular weight excluding hydrogens is 232 g/mol. The van der Waals surface area contributed by atoms with Gasteiger partial charge in [-0.1, -0.05) is 38.5 Å². The summed E-state index contributed by atoms with van der Waals surface area (Å²) in [6.45, 7) is 9.94. The fraction of sp³-hybridized carbons (Fsp3) is 0.571. The van der Waals surface area contributed by atoms with E-state index in [-0.39, 0.29) is 10.7 Å². The molecule has 0 saturated heterocycles. The number of hydrogen-bond acceptors (Lipinski definition) is 2. The SMILES string of the molecule is Cc1ccc(S(=O)(=O)C(C)CC(C)(C)C)cc1. The van der Waals surface area contributed by atoms with Crippen molar-refractivity contribution in [3.05, 3.63) is 29.8 Å². The van der Waals surface area contributed by atoms with Crippen LogP contribution >= 0.6 is 0 Å². The van der Waals surface area contributed by atoms with Gasteiger partial charge in [-0.15, -0.1) is 0 Å². The fourth-order valence-electron chi connectivity index (χ4n) is 1.93. The molecule has 0 radical (unpaired) electrons. The van der Waals surface area contributed by atoms with E-state index in [0.717, 1.165) is 5.56 Å². The standard InChI is InChI=1S/C14H22O2S/c1-11-6-8-13(9-7-11)17(15,16)12(2)10-14(3,4)5/h6-9,12H,10H2,1-5H3. The molecule has 0 N–H and O–H groups in total. The van der Waals surface area contributed by atoms with Crippen LogP contribution in [0.2, 0.25) is 0 Å². The second-order valence-electron chi connectivity index (χ2n) is 5.93. The van der Waals surface area contributed by atoms with E-state index >= 15 is 0 Å². The van der Waals surface area contributed by atoms with E-state index in [0.29, 0.717) is 11.3 Å². The maximum atomic E-state index is 12.3. The van der Waals surface area contributed by atoms with Gasteiger partial charge in [-0.2, -0.15) is 0 Å². The minimum Gasteiger partial charge on any atom is -0.223 e. The highest BCUT2D eigenvalue weighted by Crippen LogP contribution is 2.27. The summed E-state index contributed by atoms with van der Waals surface area (Å²) in [4.78, 5) is 0.430. The van der Waals surface area contributed by atoms with Crippen LogP contribution < -0.4 is 0 Å². The fourth-order valence-corrected chi connectivity index (χ4v) is 3.63. The van der Waals surface area contributed by atoms with E-state index in [1.165, 1.54) is 0 Å². The zero-order chi connectivity index (χ0) is 13.3. The molecule has 0 bridgehead atoms. The summed E-state index contributed by atoms with van der Waals surface area (Å²) in [6, 6.07) is 7.08. The molecule has 0 aromatic heterocycles. The summed E-state index contributed by atoms with van der Waals surface area (Å²) in [7, 11) is -3.19. The lowest BCUT2D eigenvalue weighted by molar-refractivity contribution is 0.371. The average molecular weight is 254 g/mol. The molecule has 2 nitrogen and oxygen atoms in total. The van der Waals surface area contributed by atoms with Crippen molar-refractivity contribution in [1.29, 1.82) is 0 Å². The number of benzene rings is 1. The smallest absolute Gasteiger partial charge is 0.180 e. The van der Waals surface area contributed by atoms with Gasteiger partial charge in [0, 0.05) is 0 Å². The van der Waals surface area contributed by atoms with E-state index in [1.807, 2.05) is 19.1 Å². The molecule has 0 fully saturated rings. The Morgan fingerprint density at radius 2 is 1.59 bits per heavy atom. The van der Waals surface area contributed by atoms with Crippen LogP contribution in [0.5, 0.6) is 0 Å². The topological polar surface area (TPSA) is 34.1 Å². The van der Waals surface area contributed by atoms with E-state index < -0.39 is 9.84 Å². The Kier molecular flexibility index (Phi) is 4.03. The normalized spacial score (nSPS) is 14.6. The van der Waals surface area contributed by atoms with Crippen LogP contribution in [0.1, 0.15) is 39.7 Å². The van der Waals surface area contributed by atoms with Crippen molar-refractivity contribution >= 4 is 9.84 Å². The van der Waals surface area contributed by atoms with Gasteiger partial charge in [-0.3, -0.25) is 0 Å². The highest BCUT2D eigenvalue weighted by Gasteiger charge is 2.27. The molecule has 0 saturated carbocycles. The largest absolute Gasteiger partial charge is 0.223 e. The predicted octanol–water partition coefficient (Wildman–Crippen LogP) is 3.59. The maximum absolute atomic E-state index is 12.3. The second kappa shape index (κ2) is 4.81. The Labute approximate surface area is 105 Å². The molecule has 1 aromatic carbocycles. The highest BCUT2D eigenvalue weighted by atomic mass is 32.2. The first kappa shape index (κ1) is 14.2. The van der Waals surface area contributed by atoms with Gasteiger partial charge in [0.15, 0.2) is 9.84 Å². The molecule has 0 amide bonds. The maximum Gasteiger partial charge on any atom is 0.180 e. The molecule has 0 heterocycles. The number of rotatable bonds is 3. The monoisotopic (exact) mass is 254 g/mol. The van der Waals surface area contributed by atoms with Gasteiger partial charge >= 0.3 is 0 Å². The van der Waals surface area contributed by atoms with Crippen LogP contribution in [0, 0.1) is 12.3 Å². The molecular formula is C14H22O2S. The Hall–Kier alpha value is -0.830. The van der Waals surface area contributed by atoms with Crippen molar-refractivity contribution in [2.45, 2.75) is 51.2 Å². The van der Waals surface area contributed by atoms with Gasteiger partial charge in [-0.05, 0) is 37.8 Å². The van der Waals surface area contributed by atoms with E-state index in [4.69, 9.17) is 0 Å². The molecule has 1 rings (SSSR count). The first-order valence-corrected chi connectivity index (χ1v) is 7.48. The van der Waals surface area contributed by atoms with Crippen LogP contribution in [0.4, 0.5) is 0 Å². The van der Waals surface area contributed by atoms with Gasteiger partial charge in [-0.25, -0.2) is 8.42 Å². The van der Waals surface area contributed by atoms with Gasteiger partial charge in [0.05, 0.1) is 10.1 Å². The van der Waals surface area contributed by atoms with Crippen molar-refractivity contribution in [3.8, 4) is 0 Å². The Bertz CT molecular complexity index is 464. The van der Waals surface area contributed by atoms with Crippen LogP contribution in [-0.4, -0.2) is 13.7 Å². The Morgan fingerprint density at radius 1 is 1.12 bits per heavy atom. The summed E-state index contributed by atoms with van der Waals surface area (Å²) in [5.41, 5.74) is 1.10. The molecule has 0 spiro atoms. The molecule has 1 unspecified atom stereocenters. The highest BCUT2D eigenvalue weighted by molar-refractivity contribution is 7.92. The van der Waals surface area contributed by atoms with Gasteiger partial charge in [0.2, 0.25) is 0 Å². The summed E-state index contributed by atoms with van der Waals surface area (Å²) < 4.78 is 24.6. The van der Waals surface area contributed by atoms with Crippen LogP contribution in [0.15, 0.2) is 29.2 Å². The third kappa shape index (κ3) is 3.84. The summed E-state index contributed by atoms with van der Waals surface area (Å²) in [6.07, 6.45) is 0.670. The van der Waals surface area contributed by atoms with Crippen molar-refractivity contribution in [1.82, 2.24) is 0 Å². The second-order valence-corrected chi connectivity index (χ2v) is 8.30. The zero-order valence-electron chi connectivity index (χ0n) is 11.3.